The molecule has 142 valence electrons. The molecule has 0 spiro atoms. The number of carbonyl (C=O) groups excluding carboxylic acids is 1. The lowest BCUT2D eigenvalue weighted by atomic mass is 9.97. The summed E-state index contributed by atoms with van der Waals surface area (Å²) in [6.45, 7) is 8.11. The fraction of sp³-hybridized carbons (Fsp3) is 0.500. The Hall–Kier alpha value is -2.07. The Morgan fingerprint density at radius 2 is 1.85 bits per heavy atom. The molecule has 0 bridgehead atoms. The van der Waals surface area contributed by atoms with Gasteiger partial charge in [-0.05, 0) is 38.8 Å². The number of amides is 1. The zero-order valence-electron chi connectivity index (χ0n) is 16.6. The van der Waals surface area contributed by atoms with Gasteiger partial charge in [-0.15, -0.1) is 0 Å². The number of rotatable bonds is 9. The predicted octanol–water partition coefficient (Wildman–Crippen LogP) is 5.55. The van der Waals surface area contributed by atoms with Crippen molar-refractivity contribution in [3.63, 3.8) is 0 Å². The summed E-state index contributed by atoms with van der Waals surface area (Å²) < 4.78 is 11.6. The first kappa shape index (κ1) is 20.2. The van der Waals surface area contributed by atoms with Crippen LogP contribution in [0.25, 0.3) is 10.8 Å². The molecule has 4 nitrogen and oxygen atoms in total. The van der Waals surface area contributed by atoms with Gasteiger partial charge in [-0.1, -0.05) is 51.0 Å². The van der Waals surface area contributed by atoms with Crippen LogP contribution in [0.2, 0.25) is 0 Å². The summed E-state index contributed by atoms with van der Waals surface area (Å²) in [6, 6.07) is 11.8. The molecule has 1 N–H and O–H groups in total. The molecule has 0 fully saturated rings. The molecule has 0 aromatic heterocycles. The minimum Gasteiger partial charge on any atom is -0.490 e. The van der Waals surface area contributed by atoms with Crippen LogP contribution in [0.1, 0.15) is 53.4 Å². The van der Waals surface area contributed by atoms with E-state index in [1.165, 1.54) is 0 Å². The van der Waals surface area contributed by atoms with E-state index in [0.29, 0.717) is 6.42 Å². The van der Waals surface area contributed by atoms with E-state index in [-0.39, 0.29) is 12.0 Å². The summed E-state index contributed by atoms with van der Waals surface area (Å²) >= 11 is 0. The molecule has 2 aromatic rings. The molecule has 0 saturated heterocycles. The van der Waals surface area contributed by atoms with E-state index in [1.54, 1.807) is 7.11 Å². The number of benzene rings is 2. The first-order chi connectivity index (χ1) is 12.4. The maximum absolute atomic E-state index is 12.9. The molecule has 2 atom stereocenters. The monoisotopic (exact) mass is 357 g/mol. The fourth-order valence-electron chi connectivity index (χ4n) is 2.86. The molecule has 0 aliphatic rings. The molecule has 0 heterocycles. The van der Waals surface area contributed by atoms with Crippen molar-refractivity contribution in [1.82, 2.24) is 0 Å². The Kier molecular flexibility index (Phi) is 7.04. The second-order valence-corrected chi connectivity index (χ2v) is 6.99. The molecule has 0 aliphatic carbocycles. The number of methoxy groups -OCH3 is 1. The van der Waals surface area contributed by atoms with Crippen LogP contribution in [-0.2, 0) is 9.53 Å². The van der Waals surface area contributed by atoms with E-state index in [9.17, 15) is 4.79 Å². The van der Waals surface area contributed by atoms with Gasteiger partial charge in [-0.3, -0.25) is 4.79 Å². The molecular weight excluding hydrogens is 326 g/mol. The lowest BCUT2D eigenvalue weighted by Crippen LogP contribution is -2.42. The Morgan fingerprint density at radius 1 is 1.15 bits per heavy atom. The molecule has 26 heavy (non-hydrogen) atoms. The number of anilines is 1. The van der Waals surface area contributed by atoms with E-state index in [1.807, 2.05) is 43.3 Å². The number of unbranched alkanes of at least 4 members (excludes halogenated alkanes) is 1. The van der Waals surface area contributed by atoms with E-state index in [4.69, 9.17) is 9.47 Å². The van der Waals surface area contributed by atoms with Crippen molar-refractivity contribution < 1.29 is 14.3 Å². The number of hydrogen-bond donors (Lipinski definition) is 1. The molecule has 4 heteroatoms. The number of nitrogens with one attached hydrogen (secondary N) is 1. The average Bonchev–Trinajstić information content (AvgIpc) is 2.67. The van der Waals surface area contributed by atoms with Crippen LogP contribution in [0, 0.1) is 0 Å². The van der Waals surface area contributed by atoms with E-state index < -0.39 is 5.60 Å². The van der Waals surface area contributed by atoms with E-state index in [2.05, 4.69) is 26.1 Å². The molecule has 2 rings (SSSR count). The maximum Gasteiger partial charge on any atom is 0.256 e. The Bertz CT molecular complexity index is 743. The largest absolute Gasteiger partial charge is 0.490 e. The van der Waals surface area contributed by atoms with Crippen LogP contribution in [0.4, 0.5) is 5.69 Å². The molecule has 1 amide bonds. The summed E-state index contributed by atoms with van der Waals surface area (Å²) in [6.07, 6.45) is 3.75. The lowest BCUT2D eigenvalue weighted by molar-refractivity contribution is -0.136. The highest BCUT2D eigenvalue weighted by atomic mass is 16.5. The van der Waals surface area contributed by atoms with Crippen LogP contribution in [-0.4, -0.2) is 24.7 Å². The summed E-state index contributed by atoms with van der Waals surface area (Å²) in [4.78, 5) is 12.9. The first-order valence-corrected chi connectivity index (χ1v) is 9.50. The molecule has 2 aromatic carbocycles. The highest BCUT2D eigenvalue weighted by Crippen LogP contribution is 2.33. The number of hydrogen-bond acceptors (Lipinski definition) is 3. The third kappa shape index (κ3) is 4.55. The highest BCUT2D eigenvalue weighted by Gasteiger charge is 2.32. The SMILES string of the molecule is CCCC[C@@](C)(OC)C(=O)Nc1ccc(O[C@H](C)CC)c2ccccc12. The third-order valence-electron chi connectivity index (χ3n) is 4.97. The van der Waals surface area contributed by atoms with Gasteiger partial charge in [0.05, 0.1) is 6.10 Å². The molecule has 0 radical (unpaired) electrons. The van der Waals surface area contributed by atoms with Gasteiger partial charge in [0.2, 0.25) is 0 Å². The van der Waals surface area contributed by atoms with Crippen LogP contribution in [0.5, 0.6) is 5.75 Å². The van der Waals surface area contributed by atoms with E-state index in [0.717, 1.165) is 41.5 Å². The molecule has 0 unspecified atom stereocenters. The Balaban J connectivity index is 2.33. The van der Waals surface area contributed by atoms with Gasteiger partial charge in [-0.2, -0.15) is 0 Å². The Morgan fingerprint density at radius 3 is 2.46 bits per heavy atom. The van der Waals surface area contributed by atoms with Crippen molar-refractivity contribution in [1.29, 1.82) is 0 Å². The van der Waals surface area contributed by atoms with Crippen molar-refractivity contribution in [2.24, 2.45) is 0 Å². The molecule has 0 aliphatic heterocycles. The van der Waals surface area contributed by atoms with Crippen LogP contribution in [0.3, 0.4) is 0 Å². The van der Waals surface area contributed by atoms with Crippen molar-refractivity contribution in [3.8, 4) is 5.75 Å². The van der Waals surface area contributed by atoms with Gasteiger partial charge in [-0.25, -0.2) is 0 Å². The van der Waals surface area contributed by atoms with Crippen molar-refractivity contribution >= 4 is 22.4 Å². The van der Waals surface area contributed by atoms with Gasteiger partial charge < -0.3 is 14.8 Å². The first-order valence-electron chi connectivity index (χ1n) is 9.50. The highest BCUT2D eigenvalue weighted by molar-refractivity contribution is 6.06. The number of fused-ring (bicyclic) bond motifs is 1. The lowest BCUT2D eigenvalue weighted by Gasteiger charge is -2.27. The van der Waals surface area contributed by atoms with Crippen LogP contribution < -0.4 is 10.1 Å². The van der Waals surface area contributed by atoms with E-state index >= 15 is 0 Å². The zero-order valence-corrected chi connectivity index (χ0v) is 16.6. The summed E-state index contributed by atoms with van der Waals surface area (Å²) in [5, 5.41) is 5.03. The topological polar surface area (TPSA) is 47.6 Å². The molecule has 0 saturated carbocycles. The predicted molar refractivity (Wildman–Crippen MR) is 108 cm³/mol. The van der Waals surface area contributed by atoms with Gasteiger partial charge >= 0.3 is 0 Å². The summed E-state index contributed by atoms with van der Waals surface area (Å²) in [5.74, 6) is 0.725. The van der Waals surface area contributed by atoms with Crippen molar-refractivity contribution in [2.75, 3.05) is 12.4 Å². The summed E-state index contributed by atoms with van der Waals surface area (Å²) in [7, 11) is 1.59. The third-order valence-corrected chi connectivity index (χ3v) is 4.97. The van der Waals surface area contributed by atoms with Crippen molar-refractivity contribution in [2.45, 2.75) is 65.1 Å². The maximum atomic E-state index is 12.9. The van der Waals surface area contributed by atoms with Gasteiger partial charge in [0.1, 0.15) is 11.4 Å². The normalized spacial score (nSPS) is 14.7. The van der Waals surface area contributed by atoms with Crippen molar-refractivity contribution in [3.05, 3.63) is 36.4 Å². The van der Waals surface area contributed by atoms with Gasteiger partial charge in [0.15, 0.2) is 0 Å². The van der Waals surface area contributed by atoms with Gasteiger partial charge in [0, 0.05) is 23.6 Å². The second-order valence-electron chi connectivity index (χ2n) is 6.99. The average molecular weight is 357 g/mol. The zero-order chi connectivity index (χ0) is 19.2. The standard InChI is InChI=1S/C22H31NO3/c1-6-8-15-22(4,25-5)21(24)23-19-13-14-20(26-16(3)7-2)18-12-10-9-11-17(18)19/h9-14,16H,6-8,15H2,1-5H3,(H,23,24)/t16-,22-/m1/s1. The van der Waals surface area contributed by atoms with Crippen LogP contribution >= 0.6 is 0 Å². The minimum absolute atomic E-state index is 0.116. The Labute approximate surface area is 156 Å². The number of carbonyl (C=O) groups is 1. The number of ether oxygens (including phenoxy) is 2. The summed E-state index contributed by atoms with van der Waals surface area (Å²) in [5.41, 5.74) is -0.0508. The quantitative estimate of drug-likeness (QED) is 0.640. The van der Waals surface area contributed by atoms with Gasteiger partial charge in [0.25, 0.3) is 5.91 Å². The molecular formula is C22H31NO3. The van der Waals surface area contributed by atoms with Crippen LogP contribution in [0.15, 0.2) is 36.4 Å². The second kappa shape index (κ2) is 9.04. The smallest absolute Gasteiger partial charge is 0.256 e. The fourth-order valence-corrected chi connectivity index (χ4v) is 2.86. The minimum atomic E-state index is -0.830.